The van der Waals surface area contributed by atoms with Gasteiger partial charge in [-0.15, -0.1) is 0 Å². The van der Waals surface area contributed by atoms with Crippen molar-refractivity contribution < 1.29 is 9.18 Å². The molecule has 0 bridgehead atoms. The van der Waals surface area contributed by atoms with Gasteiger partial charge in [0.1, 0.15) is 17.5 Å². The SMILES string of the molecule is N#C/C(=C\c1cccc2ccccc12)C(=O)Nc1ccc(F)c(Cl)c1. The summed E-state index contributed by atoms with van der Waals surface area (Å²) < 4.78 is 13.2. The number of carbonyl (C=O) groups is 1. The van der Waals surface area contributed by atoms with Gasteiger partial charge in [0, 0.05) is 5.69 Å². The number of amides is 1. The van der Waals surface area contributed by atoms with Gasteiger partial charge in [0.15, 0.2) is 0 Å². The fourth-order valence-corrected chi connectivity index (χ4v) is 2.63. The number of halogens is 2. The molecule has 1 amide bonds. The third-order valence-corrected chi connectivity index (χ3v) is 3.96. The Bertz CT molecular complexity index is 1030. The summed E-state index contributed by atoms with van der Waals surface area (Å²) in [6, 6.07) is 19.1. The number of nitriles is 1. The van der Waals surface area contributed by atoms with Crippen LogP contribution >= 0.6 is 11.6 Å². The van der Waals surface area contributed by atoms with Crippen molar-refractivity contribution in [1.29, 1.82) is 5.26 Å². The Kier molecular flexibility index (Phi) is 4.78. The number of fused-ring (bicyclic) bond motifs is 1. The van der Waals surface area contributed by atoms with Crippen molar-refractivity contribution in [1.82, 2.24) is 0 Å². The minimum Gasteiger partial charge on any atom is -0.321 e. The maximum atomic E-state index is 13.2. The molecule has 0 saturated carbocycles. The van der Waals surface area contributed by atoms with Crippen LogP contribution in [0.25, 0.3) is 16.8 Å². The van der Waals surface area contributed by atoms with E-state index in [-0.39, 0.29) is 10.6 Å². The predicted octanol–water partition coefficient (Wildman–Crippen LogP) is 5.18. The van der Waals surface area contributed by atoms with Crippen LogP contribution < -0.4 is 5.32 Å². The number of carbonyl (C=O) groups excluding carboxylic acids is 1. The summed E-state index contributed by atoms with van der Waals surface area (Å²) in [5, 5.41) is 13.7. The van der Waals surface area contributed by atoms with Crippen LogP contribution in [0.2, 0.25) is 5.02 Å². The summed E-state index contributed by atoms with van der Waals surface area (Å²) in [6.07, 6.45) is 1.53. The molecule has 0 atom stereocenters. The van der Waals surface area contributed by atoms with E-state index in [0.717, 1.165) is 22.4 Å². The number of hydrogen-bond acceptors (Lipinski definition) is 2. The fraction of sp³-hybridized carbons (Fsp3) is 0. The topological polar surface area (TPSA) is 52.9 Å². The van der Waals surface area contributed by atoms with Gasteiger partial charge in [-0.25, -0.2) is 4.39 Å². The van der Waals surface area contributed by atoms with Crippen LogP contribution in [0, 0.1) is 17.1 Å². The van der Waals surface area contributed by atoms with Gasteiger partial charge in [-0.05, 0) is 40.6 Å². The lowest BCUT2D eigenvalue weighted by Gasteiger charge is -2.06. The highest BCUT2D eigenvalue weighted by Crippen LogP contribution is 2.22. The summed E-state index contributed by atoms with van der Waals surface area (Å²) in [7, 11) is 0. The third kappa shape index (κ3) is 3.68. The molecule has 0 spiro atoms. The molecular weight excluding hydrogens is 339 g/mol. The number of benzene rings is 3. The molecule has 0 radical (unpaired) electrons. The molecule has 5 heteroatoms. The lowest BCUT2D eigenvalue weighted by Crippen LogP contribution is -2.13. The Labute approximate surface area is 149 Å². The molecule has 0 aliphatic rings. The van der Waals surface area contributed by atoms with Crippen molar-refractivity contribution in [3.8, 4) is 6.07 Å². The molecule has 3 aromatic rings. The molecule has 0 aliphatic carbocycles. The first-order chi connectivity index (χ1) is 12.1. The maximum Gasteiger partial charge on any atom is 0.266 e. The molecular formula is C20H12ClFN2O. The van der Waals surface area contributed by atoms with Gasteiger partial charge >= 0.3 is 0 Å². The van der Waals surface area contributed by atoms with Crippen LogP contribution in [-0.2, 0) is 4.79 Å². The average Bonchev–Trinajstić information content (AvgIpc) is 2.62. The molecule has 0 aliphatic heterocycles. The molecule has 0 saturated heterocycles. The zero-order valence-corrected chi connectivity index (χ0v) is 13.7. The van der Waals surface area contributed by atoms with E-state index in [2.05, 4.69) is 5.32 Å². The van der Waals surface area contributed by atoms with Gasteiger partial charge in [-0.2, -0.15) is 5.26 Å². The average molecular weight is 351 g/mol. The van der Waals surface area contributed by atoms with E-state index in [1.165, 1.54) is 18.2 Å². The van der Waals surface area contributed by atoms with E-state index in [1.807, 2.05) is 48.5 Å². The summed E-state index contributed by atoms with van der Waals surface area (Å²) in [6.45, 7) is 0. The van der Waals surface area contributed by atoms with Crippen molar-refractivity contribution >= 4 is 40.0 Å². The Morgan fingerprint density at radius 2 is 1.88 bits per heavy atom. The maximum absolute atomic E-state index is 13.2. The molecule has 122 valence electrons. The largest absolute Gasteiger partial charge is 0.321 e. The Balaban J connectivity index is 1.93. The summed E-state index contributed by atoms with van der Waals surface area (Å²) in [5.41, 5.74) is 1.02. The van der Waals surface area contributed by atoms with E-state index in [4.69, 9.17) is 11.6 Å². The standard InChI is InChI=1S/C20H12ClFN2O/c21-18-11-16(8-9-19(18)22)24-20(25)15(12-23)10-14-6-3-5-13-4-1-2-7-17(13)14/h1-11H,(H,24,25)/b15-10+. The number of nitrogens with zero attached hydrogens (tertiary/aromatic N) is 1. The van der Waals surface area contributed by atoms with Crippen LogP contribution in [0.3, 0.4) is 0 Å². The van der Waals surface area contributed by atoms with Crippen LogP contribution in [0.5, 0.6) is 0 Å². The van der Waals surface area contributed by atoms with Gasteiger partial charge in [0.25, 0.3) is 5.91 Å². The second-order valence-electron chi connectivity index (χ2n) is 5.32. The molecule has 3 aromatic carbocycles. The first-order valence-corrected chi connectivity index (χ1v) is 7.82. The van der Waals surface area contributed by atoms with Crippen molar-refractivity contribution in [3.05, 3.63) is 82.6 Å². The molecule has 0 aromatic heterocycles. The smallest absolute Gasteiger partial charge is 0.266 e. The van der Waals surface area contributed by atoms with E-state index >= 15 is 0 Å². The molecule has 3 rings (SSSR count). The predicted molar refractivity (Wildman–Crippen MR) is 97.6 cm³/mol. The monoisotopic (exact) mass is 350 g/mol. The Hall–Kier alpha value is -3.16. The summed E-state index contributed by atoms with van der Waals surface area (Å²) in [4.78, 5) is 12.3. The third-order valence-electron chi connectivity index (χ3n) is 3.67. The van der Waals surface area contributed by atoms with Crippen LogP contribution in [0.1, 0.15) is 5.56 Å². The molecule has 25 heavy (non-hydrogen) atoms. The van der Waals surface area contributed by atoms with Crippen molar-refractivity contribution in [2.75, 3.05) is 5.32 Å². The lowest BCUT2D eigenvalue weighted by atomic mass is 10.0. The second kappa shape index (κ2) is 7.16. The highest BCUT2D eigenvalue weighted by Gasteiger charge is 2.11. The van der Waals surface area contributed by atoms with Gasteiger partial charge in [0.2, 0.25) is 0 Å². The molecule has 1 N–H and O–H groups in total. The highest BCUT2D eigenvalue weighted by molar-refractivity contribution is 6.31. The van der Waals surface area contributed by atoms with Crippen molar-refractivity contribution in [2.24, 2.45) is 0 Å². The van der Waals surface area contributed by atoms with Gasteiger partial charge in [-0.1, -0.05) is 54.1 Å². The first kappa shape index (κ1) is 16.7. The number of rotatable bonds is 3. The van der Waals surface area contributed by atoms with E-state index in [0.29, 0.717) is 5.69 Å². The van der Waals surface area contributed by atoms with Crippen LogP contribution in [0.4, 0.5) is 10.1 Å². The normalized spacial score (nSPS) is 11.2. The Morgan fingerprint density at radius 1 is 1.12 bits per heavy atom. The Morgan fingerprint density at radius 3 is 2.64 bits per heavy atom. The van der Waals surface area contributed by atoms with Gasteiger partial charge in [-0.3, -0.25) is 4.79 Å². The molecule has 0 unspecified atom stereocenters. The number of nitrogens with one attached hydrogen (secondary N) is 1. The number of anilines is 1. The van der Waals surface area contributed by atoms with E-state index in [1.54, 1.807) is 0 Å². The lowest BCUT2D eigenvalue weighted by molar-refractivity contribution is -0.112. The zero-order chi connectivity index (χ0) is 17.8. The van der Waals surface area contributed by atoms with Crippen molar-refractivity contribution in [2.45, 2.75) is 0 Å². The number of hydrogen-bond donors (Lipinski definition) is 1. The molecule has 0 fully saturated rings. The van der Waals surface area contributed by atoms with Crippen molar-refractivity contribution in [3.63, 3.8) is 0 Å². The first-order valence-electron chi connectivity index (χ1n) is 7.44. The zero-order valence-electron chi connectivity index (χ0n) is 13.0. The molecule has 3 nitrogen and oxygen atoms in total. The minimum atomic E-state index is -0.585. The fourth-order valence-electron chi connectivity index (χ4n) is 2.45. The van der Waals surface area contributed by atoms with Gasteiger partial charge in [0.05, 0.1) is 5.02 Å². The van der Waals surface area contributed by atoms with Gasteiger partial charge < -0.3 is 5.32 Å². The van der Waals surface area contributed by atoms with Crippen LogP contribution in [-0.4, -0.2) is 5.91 Å². The molecule has 0 heterocycles. The quantitative estimate of drug-likeness (QED) is 0.522. The van der Waals surface area contributed by atoms with E-state index < -0.39 is 11.7 Å². The van der Waals surface area contributed by atoms with E-state index in [9.17, 15) is 14.4 Å². The highest BCUT2D eigenvalue weighted by atomic mass is 35.5. The summed E-state index contributed by atoms with van der Waals surface area (Å²) >= 11 is 5.70. The second-order valence-corrected chi connectivity index (χ2v) is 5.73. The van der Waals surface area contributed by atoms with Crippen LogP contribution in [0.15, 0.2) is 66.2 Å². The summed E-state index contributed by atoms with van der Waals surface area (Å²) in [5.74, 6) is -1.16. The minimum absolute atomic E-state index is 0.0585.